The maximum absolute atomic E-state index is 9.19. The van der Waals surface area contributed by atoms with Gasteiger partial charge in [-0.2, -0.15) is 0 Å². The molecule has 1 aromatic carbocycles. The van der Waals surface area contributed by atoms with E-state index in [2.05, 4.69) is 44.2 Å². The minimum absolute atomic E-state index is 0.292. The first-order chi connectivity index (χ1) is 8.27. The molecule has 1 nitrogen and oxygen atoms in total. The Labute approximate surface area is 106 Å². The molecule has 0 bridgehead atoms. The van der Waals surface area contributed by atoms with Crippen molar-refractivity contribution in [3.63, 3.8) is 0 Å². The van der Waals surface area contributed by atoms with Crippen LogP contribution >= 0.6 is 0 Å². The standard InChI is InChI=1S/C16H26O/c1-3-4-8-14(2)13-16(11-12-17)15-9-6-5-7-10-15/h5-7,9-10,14,16-17H,3-4,8,11-13H2,1-2H3. The van der Waals surface area contributed by atoms with Gasteiger partial charge in [0, 0.05) is 6.61 Å². The zero-order valence-electron chi connectivity index (χ0n) is 11.2. The van der Waals surface area contributed by atoms with E-state index < -0.39 is 0 Å². The summed E-state index contributed by atoms with van der Waals surface area (Å²) in [7, 11) is 0. The summed E-state index contributed by atoms with van der Waals surface area (Å²) in [6.45, 7) is 4.87. The van der Waals surface area contributed by atoms with Gasteiger partial charge in [-0.25, -0.2) is 0 Å². The largest absolute Gasteiger partial charge is 0.396 e. The fourth-order valence-electron chi connectivity index (χ4n) is 2.46. The first kappa shape index (κ1) is 14.2. The molecule has 2 unspecified atom stereocenters. The molecule has 0 aromatic heterocycles. The van der Waals surface area contributed by atoms with Crippen LogP contribution in [-0.4, -0.2) is 11.7 Å². The van der Waals surface area contributed by atoms with Gasteiger partial charge in [-0.15, -0.1) is 0 Å². The van der Waals surface area contributed by atoms with Gasteiger partial charge in [0.2, 0.25) is 0 Å². The highest BCUT2D eigenvalue weighted by Crippen LogP contribution is 2.28. The van der Waals surface area contributed by atoms with Gasteiger partial charge >= 0.3 is 0 Å². The Morgan fingerprint density at radius 2 is 1.82 bits per heavy atom. The molecule has 0 aliphatic rings. The van der Waals surface area contributed by atoms with Crippen molar-refractivity contribution < 1.29 is 5.11 Å². The molecule has 0 saturated carbocycles. The molecule has 0 saturated heterocycles. The van der Waals surface area contributed by atoms with Gasteiger partial charge in [-0.05, 0) is 30.2 Å². The van der Waals surface area contributed by atoms with E-state index in [4.69, 9.17) is 0 Å². The summed E-state index contributed by atoms with van der Waals surface area (Å²) in [5.74, 6) is 1.28. The second-order valence-corrected chi connectivity index (χ2v) is 5.10. The molecular weight excluding hydrogens is 208 g/mol. The van der Waals surface area contributed by atoms with E-state index in [0.29, 0.717) is 12.5 Å². The highest BCUT2D eigenvalue weighted by atomic mass is 16.3. The summed E-state index contributed by atoms with van der Waals surface area (Å²) in [4.78, 5) is 0. The third-order valence-corrected chi connectivity index (χ3v) is 3.49. The Hall–Kier alpha value is -0.820. The number of aliphatic hydroxyl groups excluding tert-OH is 1. The van der Waals surface area contributed by atoms with Crippen LogP contribution in [0.25, 0.3) is 0 Å². The van der Waals surface area contributed by atoms with Crippen LogP contribution < -0.4 is 0 Å². The van der Waals surface area contributed by atoms with E-state index in [1.165, 1.54) is 31.2 Å². The summed E-state index contributed by atoms with van der Waals surface area (Å²) in [6, 6.07) is 10.6. The van der Waals surface area contributed by atoms with Crippen molar-refractivity contribution >= 4 is 0 Å². The third kappa shape index (κ3) is 5.36. The Morgan fingerprint density at radius 3 is 2.41 bits per heavy atom. The first-order valence-electron chi connectivity index (χ1n) is 6.93. The third-order valence-electron chi connectivity index (χ3n) is 3.49. The van der Waals surface area contributed by atoms with Crippen molar-refractivity contribution in [3.05, 3.63) is 35.9 Å². The summed E-state index contributed by atoms with van der Waals surface area (Å²) in [5, 5.41) is 9.19. The smallest absolute Gasteiger partial charge is 0.0436 e. The van der Waals surface area contributed by atoms with Crippen LogP contribution in [0, 0.1) is 5.92 Å². The van der Waals surface area contributed by atoms with Crippen LogP contribution in [0.5, 0.6) is 0 Å². The molecule has 1 heteroatoms. The molecule has 0 spiro atoms. The Bertz CT molecular complexity index is 281. The number of unbranched alkanes of at least 4 members (excludes halogenated alkanes) is 1. The van der Waals surface area contributed by atoms with Crippen molar-refractivity contribution in [2.24, 2.45) is 5.92 Å². The van der Waals surface area contributed by atoms with Gasteiger partial charge in [0.15, 0.2) is 0 Å². The van der Waals surface area contributed by atoms with Crippen LogP contribution in [0.1, 0.15) is 57.4 Å². The van der Waals surface area contributed by atoms with Crippen molar-refractivity contribution in [1.82, 2.24) is 0 Å². The Balaban J connectivity index is 2.54. The zero-order valence-corrected chi connectivity index (χ0v) is 11.2. The van der Waals surface area contributed by atoms with E-state index in [0.717, 1.165) is 12.3 Å². The molecule has 1 N–H and O–H groups in total. The van der Waals surface area contributed by atoms with E-state index >= 15 is 0 Å². The number of rotatable bonds is 8. The Morgan fingerprint density at radius 1 is 1.12 bits per heavy atom. The fraction of sp³-hybridized carbons (Fsp3) is 0.625. The van der Waals surface area contributed by atoms with Gasteiger partial charge in [-0.3, -0.25) is 0 Å². The molecule has 0 aliphatic heterocycles. The lowest BCUT2D eigenvalue weighted by atomic mass is 9.85. The predicted octanol–water partition coefficient (Wildman–Crippen LogP) is 4.37. The molecular formula is C16H26O. The monoisotopic (exact) mass is 234 g/mol. The van der Waals surface area contributed by atoms with Crippen molar-refractivity contribution in [1.29, 1.82) is 0 Å². The van der Waals surface area contributed by atoms with E-state index in [1.54, 1.807) is 0 Å². The number of hydrogen-bond donors (Lipinski definition) is 1. The summed E-state index contributed by atoms with van der Waals surface area (Å²) >= 11 is 0. The summed E-state index contributed by atoms with van der Waals surface area (Å²) < 4.78 is 0. The SMILES string of the molecule is CCCCC(C)CC(CCO)c1ccccc1. The van der Waals surface area contributed by atoms with Gasteiger partial charge in [0.05, 0.1) is 0 Å². The van der Waals surface area contributed by atoms with Crippen LogP contribution in [0.2, 0.25) is 0 Å². The quantitative estimate of drug-likeness (QED) is 0.708. The molecule has 1 aromatic rings. The van der Waals surface area contributed by atoms with Crippen LogP contribution in [-0.2, 0) is 0 Å². The minimum atomic E-state index is 0.292. The highest BCUT2D eigenvalue weighted by molar-refractivity contribution is 5.19. The Kier molecular flexibility index (Phi) is 6.95. The molecule has 17 heavy (non-hydrogen) atoms. The number of benzene rings is 1. The van der Waals surface area contributed by atoms with Crippen molar-refractivity contribution in [3.8, 4) is 0 Å². The van der Waals surface area contributed by atoms with Crippen LogP contribution in [0.4, 0.5) is 0 Å². The van der Waals surface area contributed by atoms with E-state index in [1.807, 2.05) is 0 Å². The lowest BCUT2D eigenvalue weighted by molar-refractivity contribution is 0.264. The average molecular weight is 234 g/mol. The predicted molar refractivity (Wildman–Crippen MR) is 74.2 cm³/mol. The molecule has 0 amide bonds. The van der Waals surface area contributed by atoms with E-state index in [9.17, 15) is 5.11 Å². The summed E-state index contributed by atoms with van der Waals surface area (Å²) in [5.41, 5.74) is 1.38. The fourth-order valence-corrected chi connectivity index (χ4v) is 2.46. The second-order valence-electron chi connectivity index (χ2n) is 5.10. The summed E-state index contributed by atoms with van der Waals surface area (Å²) in [6.07, 6.45) is 6.00. The maximum Gasteiger partial charge on any atom is 0.0436 e. The number of hydrogen-bond acceptors (Lipinski definition) is 1. The first-order valence-corrected chi connectivity index (χ1v) is 6.93. The molecule has 1 rings (SSSR count). The van der Waals surface area contributed by atoms with Gasteiger partial charge in [0.25, 0.3) is 0 Å². The lowest BCUT2D eigenvalue weighted by Gasteiger charge is -2.20. The molecule has 2 atom stereocenters. The van der Waals surface area contributed by atoms with Crippen molar-refractivity contribution in [2.45, 2.75) is 51.9 Å². The lowest BCUT2D eigenvalue weighted by Crippen LogP contribution is -2.07. The molecule has 0 radical (unpaired) electrons. The van der Waals surface area contributed by atoms with Gasteiger partial charge in [0.1, 0.15) is 0 Å². The molecule has 0 aliphatic carbocycles. The molecule has 0 heterocycles. The minimum Gasteiger partial charge on any atom is -0.396 e. The molecule has 0 fully saturated rings. The van der Waals surface area contributed by atoms with Gasteiger partial charge in [-0.1, -0.05) is 63.4 Å². The van der Waals surface area contributed by atoms with Crippen LogP contribution in [0.15, 0.2) is 30.3 Å². The zero-order chi connectivity index (χ0) is 12.5. The highest BCUT2D eigenvalue weighted by Gasteiger charge is 2.14. The van der Waals surface area contributed by atoms with Crippen molar-refractivity contribution in [2.75, 3.05) is 6.61 Å². The second kappa shape index (κ2) is 8.30. The van der Waals surface area contributed by atoms with Crippen LogP contribution in [0.3, 0.4) is 0 Å². The number of aliphatic hydroxyl groups is 1. The average Bonchev–Trinajstić information content (AvgIpc) is 2.37. The van der Waals surface area contributed by atoms with Gasteiger partial charge < -0.3 is 5.11 Å². The molecule has 96 valence electrons. The maximum atomic E-state index is 9.19. The normalized spacial score (nSPS) is 14.5. The van der Waals surface area contributed by atoms with E-state index in [-0.39, 0.29) is 0 Å². The topological polar surface area (TPSA) is 20.2 Å².